The lowest BCUT2D eigenvalue weighted by Gasteiger charge is -2.16. The maximum absolute atomic E-state index is 12.4. The van der Waals surface area contributed by atoms with Crippen LogP contribution in [0.2, 0.25) is 5.02 Å². The summed E-state index contributed by atoms with van der Waals surface area (Å²) in [6.45, 7) is 3.34. The minimum Gasteiger partial charge on any atom is -0.484 e. The van der Waals surface area contributed by atoms with Crippen LogP contribution >= 0.6 is 11.6 Å². The lowest BCUT2D eigenvalue weighted by Crippen LogP contribution is -2.27. The van der Waals surface area contributed by atoms with Crippen LogP contribution in [0.3, 0.4) is 0 Å². The van der Waals surface area contributed by atoms with Gasteiger partial charge < -0.3 is 15.0 Å². The van der Waals surface area contributed by atoms with Crippen LogP contribution in [0.1, 0.15) is 28.8 Å². The summed E-state index contributed by atoms with van der Waals surface area (Å²) in [5.74, 6) is 0.301. The molecule has 6 heteroatoms. The molecule has 0 saturated carbocycles. The highest BCUT2D eigenvalue weighted by Crippen LogP contribution is 2.21. The summed E-state index contributed by atoms with van der Waals surface area (Å²) in [6, 6.07) is 12.2. The molecule has 0 unspecified atom stereocenters. The molecule has 0 bridgehead atoms. The lowest BCUT2D eigenvalue weighted by molar-refractivity contribution is -0.118. The van der Waals surface area contributed by atoms with Crippen molar-refractivity contribution < 1.29 is 14.3 Å². The second-order valence-electron chi connectivity index (χ2n) is 6.33. The van der Waals surface area contributed by atoms with Crippen molar-refractivity contribution in [2.75, 3.05) is 25.0 Å². The van der Waals surface area contributed by atoms with Gasteiger partial charge >= 0.3 is 0 Å². The van der Waals surface area contributed by atoms with E-state index in [9.17, 15) is 9.59 Å². The zero-order valence-corrected chi connectivity index (χ0v) is 15.4. The van der Waals surface area contributed by atoms with E-state index in [0.717, 1.165) is 31.5 Å². The molecular weight excluding hydrogens is 352 g/mol. The number of likely N-dealkylation sites (tertiary alicyclic amines) is 1. The molecule has 2 aromatic carbocycles. The Morgan fingerprint density at radius 1 is 1.15 bits per heavy atom. The first-order valence-corrected chi connectivity index (χ1v) is 8.99. The maximum atomic E-state index is 12.4. The normalized spacial score (nSPS) is 13.5. The van der Waals surface area contributed by atoms with Gasteiger partial charge in [-0.15, -0.1) is 0 Å². The Hall–Kier alpha value is -2.53. The van der Waals surface area contributed by atoms with Gasteiger partial charge in [-0.25, -0.2) is 0 Å². The number of carbonyl (C=O) groups excluding carboxylic acids is 2. The second kappa shape index (κ2) is 8.23. The fourth-order valence-electron chi connectivity index (χ4n) is 2.89. The lowest BCUT2D eigenvalue weighted by atomic mass is 10.1. The number of hydrogen-bond acceptors (Lipinski definition) is 3. The number of benzene rings is 2. The SMILES string of the molecule is Cc1cc(OCC(=O)Nc2cccc(C(=O)N3CCCC3)c2)ccc1Cl. The molecule has 0 spiro atoms. The highest BCUT2D eigenvalue weighted by molar-refractivity contribution is 6.31. The summed E-state index contributed by atoms with van der Waals surface area (Å²) in [7, 11) is 0. The Kier molecular flexibility index (Phi) is 5.78. The number of hydrogen-bond donors (Lipinski definition) is 1. The largest absolute Gasteiger partial charge is 0.484 e. The number of nitrogens with zero attached hydrogens (tertiary/aromatic N) is 1. The molecule has 26 heavy (non-hydrogen) atoms. The molecule has 0 atom stereocenters. The molecule has 2 amide bonds. The predicted octanol–water partition coefficient (Wildman–Crippen LogP) is 3.90. The summed E-state index contributed by atoms with van der Waals surface area (Å²) in [6.07, 6.45) is 2.09. The van der Waals surface area contributed by atoms with Gasteiger partial charge in [-0.2, -0.15) is 0 Å². The first kappa shape index (κ1) is 18.3. The number of carbonyl (C=O) groups is 2. The van der Waals surface area contributed by atoms with E-state index in [1.165, 1.54) is 0 Å². The van der Waals surface area contributed by atoms with E-state index in [-0.39, 0.29) is 18.4 Å². The molecule has 1 N–H and O–H groups in total. The highest BCUT2D eigenvalue weighted by atomic mass is 35.5. The number of nitrogens with one attached hydrogen (secondary N) is 1. The van der Waals surface area contributed by atoms with E-state index in [1.807, 2.05) is 11.8 Å². The Labute approximate surface area is 157 Å². The molecule has 0 aromatic heterocycles. The summed E-state index contributed by atoms with van der Waals surface area (Å²) in [4.78, 5) is 26.4. The smallest absolute Gasteiger partial charge is 0.262 e. The van der Waals surface area contributed by atoms with Gasteiger partial charge in [0, 0.05) is 29.4 Å². The Balaban J connectivity index is 1.57. The standard InChI is InChI=1S/C20H21ClN2O3/c1-14-11-17(7-8-18(14)21)26-13-19(24)22-16-6-4-5-15(12-16)20(25)23-9-2-3-10-23/h4-8,11-12H,2-3,9-10,13H2,1H3,(H,22,24). The Bertz CT molecular complexity index is 816. The molecule has 2 aromatic rings. The topological polar surface area (TPSA) is 58.6 Å². The van der Waals surface area contributed by atoms with E-state index < -0.39 is 0 Å². The average molecular weight is 373 g/mol. The first-order chi connectivity index (χ1) is 12.5. The van der Waals surface area contributed by atoms with Crippen molar-refractivity contribution in [2.24, 2.45) is 0 Å². The summed E-state index contributed by atoms with van der Waals surface area (Å²) in [5.41, 5.74) is 2.05. The van der Waals surface area contributed by atoms with Gasteiger partial charge in [0.2, 0.25) is 0 Å². The number of ether oxygens (including phenoxy) is 1. The number of anilines is 1. The highest BCUT2D eigenvalue weighted by Gasteiger charge is 2.19. The zero-order chi connectivity index (χ0) is 18.5. The molecule has 1 aliphatic rings. The van der Waals surface area contributed by atoms with Crippen LogP contribution in [0.15, 0.2) is 42.5 Å². The van der Waals surface area contributed by atoms with Crippen molar-refractivity contribution in [1.29, 1.82) is 0 Å². The van der Waals surface area contributed by atoms with Crippen LogP contribution in [0.25, 0.3) is 0 Å². The number of rotatable bonds is 5. The summed E-state index contributed by atoms with van der Waals surface area (Å²) < 4.78 is 5.49. The quantitative estimate of drug-likeness (QED) is 0.865. The van der Waals surface area contributed by atoms with Crippen molar-refractivity contribution in [1.82, 2.24) is 4.90 Å². The number of amides is 2. The third kappa shape index (κ3) is 4.55. The van der Waals surface area contributed by atoms with Crippen LogP contribution in [-0.4, -0.2) is 36.4 Å². The van der Waals surface area contributed by atoms with E-state index in [4.69, 9.17) is 16.3 Å². The van der Waals surface area contributed by atoms with Gasteiger partial charge in [-0.3, -0.25) is 9.59 Å². The van der Waals surface area contributed by atoms with Gasteiger partial charge in [0.25, 0.3) is 11.8 Å². The molecule has 1 aliphatic heterocycles. The monoisotopic (exact) mass is 372 g/mol. The molecule has 0 aliphatic carbocycles. The maximum Gasteiger partial charge on any atom is 0.262 e. The van der Waals surface area contributed by atoms with E-state index in [0.29, 0.717) is 22.0 Å². The fourth-order valence-corrected chi connectivity index (χ4v) is 3.00. The summed E-state index contributed by atoms with van der Waals surface area (Å²) >= 11 is 5.97. The van der Waals surface area contributed by atoms with Crippen LogP contribution in [-0.2, 0) is 4.79 Å². The van der Waals surface area contributed by atoms with Gasteiger partial charge in [0.15, 0.2) is 6.61 Å². The third-order valence-corrected chi connectivity index (χ3v) is 4.71. The molecule has 0 radical (unpaired) electrons. The zero-order valence-electron chi connectivity index (χ0n) is 14.6. The van der Waals surface area contributed by atoms with Crippen LogP contribution in [0, 0.1) is 6.92 Å². The molecule has 1 saturated heterocycles. The number of aryl methyl sites for hydroxylation is 1. The van der Waals surface area contributed by atoms with Crippen molar-refractivity contribution in [3.63, 3.8) is 0 Å². The van der Waals surface area contributed by atoms with Crippen molar-refractivity contribution >= 4 is 29.1 Å². The Morgan fingerprint density at radius 3 is 2.65 bits per heavy atom. The van der Waals surface area contributed by atoms with Gasteiger partial charge in [0.1, 0.15) is 5.75 Å². The first-order valence-electron chi connectivity index (χ1n) is 8.61. The minimum absolute atomic E-state index is 0.00601. The van der Waals surface area contributed by atoms with Gasteiger partial charge in [0.05, 0.1) is 0 Å². The van der Waals surface area contributed by atoms with Gasteiger partial charge in [-0.05, 0) is 61.7 Å². The average Bonchev–Trinajstić information content (AvgIpc) is 3.17. The third-order valence-electron chi connectivity index (χ3n) is 4.29. The molecule has 136 valence electrons. The molecular formula is C20H21ClN2O3. The molecule has 1 heterocycles. The van der Waals surface area contributed by atoms with Crippen LogP contribution < -0.4 is 10.1 Å². The van der Waals surface area contributed by atoms with E-state index in [2.05, 4.69) is 5.32 Å². The van der Waals surface area contributed by atoms with E-state index in [1.54, 1.807) is 42.5 Å². The van der Waals surface area contributed by atoms with Gasteiger partial charge in [-0.1, -0.05) is 17.7 Å². The molecule has 1 fully saturated rings. The molecule has 5 nitrogen and oxygen atoms in total. The minimum atomic E-state index is -0.289. The Morgan fingerprint density at radius 2 is 1.92 bits per heavy atom. The van der Waals surface area contributed by atoms with Crippen molar-refractivity contribution in [3.05, 3.63) is 58.6 Å². The van der Waals surface area contributed by atoms with Crippen LogP contribution in [0.5, 0.6) is 5.75 Å². The van der Waals surface area contributed by atoms with Crippen molar-refractivity contribution in [2.45, 2.75) is 19.8 Å². The molecule has 3 rings (SSSR count). The van der Waals surface area contributed by atoms with Crippen molar-refractivity contribution in [3.8, 4) is 5.75 Å². The summed E-state index contributed by atoms with van der Waals surface area (Å²) in [5, 5.41) is 3.42. The van der Waals surface area contributed by atoms with E-state index >= 15 is 0 Å². The van der Waals surface area contributed by atoms with Crippen LogP contribution in [0.4, 0.5) is 5.69 Å². The number of halogens is 1. The second-order valence-corrected chi connectivity index (χ2v) is 6.74. The fraction of sp³-hybridized carbons (Fsp3) is 0.300. The predicted molar refractivity (Wildman–Crippen MR) is 102 cm³/mol.